The molecule has 0 aliphatic heterocycles. The first-order valence-corrected chi connectivity index (χ1v) is 7.65. The SMILES string of the molecule is O=C(O)CCn1c(/C=C\c2csnn2)nc2ccccc2c1=O. The van der Waals surface area contributed by atoms with Crippen LogP contribution in [-0.2, 0) is 11.3 Å². The van der Waals surface area contributed by atoms with Gasteiger partial charge in [-0.1, -0.05) is 16.6 Å². The van der Waals surface area contributed by atoms with E-state index >= 15 is 0 Å². The second-order valence-corrected chi connectivity index (χ2v) is 5.36. The third kappa shape index (κ3) is 3.32. The van der Waals surface area contributed by atoms with Crippen LogP contribution >= 0.6 is 11.5 Å². The molecule has 0 saturated carbocycles. The molecule has 0 amide bonds. The zero-order valence-corrected chi connectivity index (χ0v) is 12.7. The Morgan fingerprint density at radius 3 is 2.87 bits per heavy atom. The van der Waals surface area contributed by atoms with Crippen LogP contribution in [0, 0.1) is 0 Å². The smallest absolute Gasteiger partial charge is 0.305 e. The van der Waals surface area contributed by atoms with E-state index in [0.717, 1.165) is 0 Å². The molecule has 2 heterocycles. The summed E-state index contributed by atoms with van der Waals surface area (Å²) in [4.78, 5) is 27.9. The molecule has 116 valence electrons. The Morgan fingerprint density at radius 1 is 1.30 bits per heavy atom. The summed E-state index contributed by atoms with van der Waals surface area (Å²) in [5.74, 6) is -0.577. The second kappa shape index (κ2) is 6.49. The number of fused-ring (bicyclic) bond motifs is 1. The van der Waals surface area contributed by atoms with Gasteiger partial charge in [0.2, 0.25) is 0 Å². The van der Waals surface area contributed by atoms with Gasteiger partial charge in [0.05, 0.1) is 23.0 Å². The molecule has 0 unspecified atom stereocenters. The molecule has 1 N–H and O–H groups in total. The molecule has 0 aliphatic rings. The number of rotatable bonds is 5. The lowest BCUT2D eigenvalue weighted by atomic mass is 10.2. The summed E-state index contributed by atoms with van der Waals surface area (Å²) < 4.78 is 5.13. The number of carboxylic acid groups (broad SMARTS) is 1. The van der Waals surface area contributed by atoms with Crippen LogP contribution in [0.5, 0.6) is 0 Å². The predicted molar refractivity (Wildman–Crippen MR) is 87.1 cm³/mol. The highest BCUT2D eigenvalue weighted by atomic mass is 32.1. The molecule has 8 heteroatoms. The fourth-order valence-electron chi connectivity index (χ4n) is 2.14. The lowest BCUT2D eigenvalue weighted by Gasteiger charge is -2.09. The van der Waals surface area contributed by atoms with Gasteiger partial charge in [-0.05, 0) is 35.8 Å². The molecular weight excluding hydrogens is 316 g/mol. The Kier molecular flexibility index (Phi) is 4.24. The van der Waals surface area contributed by atoms with Gasteiger partial charge in [-0.25, -0.2) is 4.98 Å². The summed E-state index contributed by atoms with van der Waals surface area (Å²) in [6, 6.07) is 6.98. The van der Waals surface area contributed by atoms with Crippen LogP contribution in [0.2, 0.25) is 0 Å². The maximum absolute atomic E-state index is 12.6. The van der Waals surface area contributed by atoms with Gasteiger partial charge >= 0.3 is 5.97 Å². The Labute approximate surface area is 134 Å². The summed E-state index contributed by atoms with van der Waals surface area (Å²) >= 11 is 1.22. The number of nitrogens with zero attached hydrogens (tertiary/aromatic N) is 4. The minimum absolute atomic E-state index is 0.0565. The minimum Gasteiger partial charge on any atom is -0.481 e. The molecule has 0 bridgehead atoms. The third-order valence-corrected chi connectivity index (χ3v) is 3.74. The van der Waals surface area contributed by atoms with E-state index in [0.29, 0.717) is 22.4 Å². The summed E-state index contributed by atoms with van der Waals surface area (Å²) in [6.45, 7) is 0.0565. The van der Waals surface area contributed by atoms with E-state index < -0.39 is 5.97 Å². The Bertz CT molecular complexity index is 932. The number of aromatic nitrogens is 4. The number of hydrogen-bond acceptors (Lipinski definition) is 6. The number of hydrogen-bond donors (Lipinski definition) is 1. The quantitative estimate of drug-likeness (QED) is 0.768. The molecular formula is C15H12N4O3S. The average molecular weight is 328 g/mol. The highest BCUT2D eigenvalue weighted by molar-refractivity contribution is 7.03. The number of aliphatic carboxylic acids is 1. The fourth-order valence-corrected chi connectivity index (χ4v) is 2.56. The van der Waals surface area contributed by atoms with Crippen molar-refractivity contribution in [3.05, 3.63) is 51.5 Å². The highest BCUT2D eigenvalue weighted by Gasteiger charge is 2.10. The van der Waals surface area contributed by atoms with Gasteiger partial charge < -0.3 is 5.11 Å². The van der Waals surface area contributed by atoms with Crippen molar-refractivity contribution >= 4 is 40.6 Å². The van der Waals surface area contributed by atoms with Crippen LogP contribution in [0.25, 0.3) is 23.1 Å². The zero-order chi connectivity index (χ0) is 16.2. The standard InChI is InChI=1S/C15H12N4O3S/c20-14(21)7-8-19-13(6-5-10-9-23-18-17-10)16-12-4-2-1-3-11(12)15(19)22/h1-6,9H,7-8H2,(H,20,21)/b6-5-. The van der Waals surface area contributed by atoms with E-state index in [9.17, 15) is 9.59 Å². The van der Waals surface area contributed by atoms with E-state index in [-0.39, 0.29) is 18.5 Å². The Morgan fingerprint density at radius 2 is 2.13 bits per heavy atom. The predicted octanol–water partition coefficient (Wildman–Crippen LogP) is 1.89. The van der Waals surface area contributed by atoms with Crippen molar-refractivity contribution < 1.29 is 9.90 Å². The number of benzene rings is 1. The van der Waals surface area contributed by atoms with Gasteiger partial charge in [0.15, 0.2) is 0 Å². The first kappa shape index (κ1) is 15.0. The normalized spacial score (nSPS) is 11.3. The van der Waals surface area contributed by atoms with E-state index in [4.69, 9.17) is 5.11 Å². The van der Waals surface area contributed by atoms with Crippen LogP contribution in [0.15, 0.2) is 34.4 Å². The molecule has 0 saturated heterocycles. The summed E-state index contributed by atoms with van der Waals surface area (Å²) in [6.07, 6.45) is 3.18. The van der Waals surface area contributed by atoms with Crippen LogP contribution in [0.3, 0.4) is 0 Å². The molecule has 0 aliphatic carbocycles. The van der Waals surface area contributed by atoms with E-state index in [1.807, 2.05) is 0 Å². The number of carboxylic acids is 1. The Hall–Kier alpha value is -2.87. The van der Waals surface area contributed by atoms with Crippen molar-refractivity contribution in [3.8, 4) is 0 Å². The number of para-hydroxylation sites is 1. The lowest BCUT2D eigenvalue weighted by Crippen LogP contribution is -2.25. The zero-order valence-electron chi connectivity index (χ0n) is 11.9. The van der Waals surface area contributed by atoms with E-state index in [1.54, 1.807) is 41.8 Å². The van der Waals surface area contributed by atoms with Crippen molar-refractivity contribution in [1.82, 2.24) is 19.1 Å². The third-order valence-electron chi connectivity index (χ3n) is 3.22. The molecule has 7 nitrogen and oxygen atoms in total. The molecule has 0 fully saturated rings. The molecule has 0 atom stereocenters. The van der Waals surface area contributed by atoms with Gasteiger partial charge in [-0.15, -0.1) is 5.10 Å². The van der Waals surface area contributed by atoms with Gasteiger partial charge in [0.25, 0.3) is 5.56 Å². The second-order valence-electron chi connectivity index (χ2n) is 4.75. The van der Waals surface area contributed by atoms with E-state index in [2.05, 4.69) is 14.6 Å². The molecule has 3 aromatic rings. The maximum atomic E-state index is 12.6. The van der Waals surface area contributed by atoms with Crippen molar-refractivity contribution in [3.63, 3.8) is 0 Å². The van der Waals surface area contributed by atoms with Crippen LogP contribution in [-0.4, -0.2) is 30.2 Å². The van der Waals surface area contributed by atoms with Crippen molar-refractivity contribution in [2.75, 3.05) is 0 Å². The first-order chi connectivity index (χ1) is 11.1. The lowest BCUT2D eigenvalue weighted by molar-refractivity contribution is -0.137. The molecule has 1 aromatic carbocycles. The molecule has 2 aromatic heterocycles. The number of carbonyl (C=O) groups is 1. The van der Waals surface area contributed by atoms with Crippen molar-refractivity contribution in [2.45, 2.75) is 13.0 Å². The largest absolute Gasteiger partial charge is 0.481 e. The van der Waals surface area contributed by atoms with Crippen molar-refractivity contribution in [2.24, 2.45) is 0 Å². The molecule has 0 radical (unpaired) electrons. The average Bonchev–Trinajstić information content (AvgIpc) is 3.05. The van der Waals surface area contributed by atoms with Crippen LogP contribution in [0.1, 0.15) is 17.9 Å². The van der Waals surface area contributed by atoms with E-state index in [1.165, 1.54) is 16.1 Å². The minimum atomic E-state index is -0.969. The monoisotopic (exact) mass is 328 g/mol. The van der Waals surface area contributed by atoms with Gasteiger partial charge in [0, 0.05) is 11.9 Å². The molecule has 0 spiro atoms. The highest BCUT2D eigenvalue weighted by Crippen LogP contribution is 2.11. The Balaban J connectivity index is 2.11. The first-order valence-electron chi connectivity index (χ1n) is 6.81. The van der Waals surface area contributed by atoms with Gasteiger partial charge in [-0.3, -0.25) is 14.2 Å². The maximum Gasteiger partial charge on any atom is 0.305 e. The van der Waals surface area contributed by atoms with Crippen molar-refractivity contribution in [1.29, 1.82) is 0 Å². The van der Waals surface area contributed by atoms with Gasteiger partial charge in [-0.2, -0.15) is 0 Å². The van der Waals surface area contributed by atoms with Gasteiger partial charge in [0.1, 0.15) is 5.82 Å². The van der Waals surface area contributed by atoms with Crippen LogP contribution < -0.4 is 5.56 Å². The fraction of sp³-hybridized carbons (Fsp3) is 0.133. The van der Waals surface area contributed by atoms with Crippen LogP contribution in [0.4, 0.5) is 0 Å². The topological polar surface area (TPSA) is 98.0 Å². The summed E-state index contributed by atoms with van der Waals surface area (Å²) in [5, 5.41) is 15.0. The molecule has 23 heavy (non-hydrogen) atoms. The molecule has 3 rings (SSSR count). The summed E-state index contributed by atoms with van der Waals surface area (Å²) in [5.41, 5.74) is 0.968. The summed E-state index contributed by atoms with van der Waals surface area (Å²) in [7, 11) is 0.